The summed E-state index contributed by atoms with van der Waals surface area (Å²) in [5.74, 6) is 0.326. The van der Waals surface area contributed by atoms with Crippen molar-refractivity contribution in [2.45, 2.75) is 55.9 Å². The van der Waals surface area contributed by atoms with Crippen molar-refractivity contribution >= 4 is 11.8 Å². The number of hydrogen-bond donors (Lipinski definition) is 1. The Morgan fingerprint density at radius 1 is 1.14 bits per heavy atom. The molecule has 2 N–H and O–H groups in total. The highest BCUT2D eigenvalue weighted by Gasteiger charge is 2.32. The van der Waals surface area contributed by atoms with E-state index in [9.17, 15) is 13.2 Å². The Bertz CT molecular complexity index is 495. The zero-order valence-electron chi connectivity index (χ0n) is 13.5. The second kappa shape index (κ2) is 7.59. The number of aryl methyl sites for hydroxylation is 1. The fourth-order valence-corrected chi connectivity index (χ4v) is 2.91. The summed E-state index contributed by atoms with van der Waals surface area (Å²) in [7, 11) is 1.42. The van der Waals surface area contributed by atoms with Crippen LogP contribution in [0.2, 0.25) is 0 Å². The fourth-order valence-electron chi connectivity index (χ4n) is 2.17. The lowest BCUT2D eigenvalue weighted by molar-refractivity contribution is -0.0328. The third-order valence-corrected chi connectivity index (χ3v) is 4.08. The molecule has 0 bridgehead atoms. The van der Waals surface area contributed by atoms with Gasteiger partial charge in [0.1, 0.15) is 5.75 Å². The van der Waals surface area contributed by atoms with Crippen LogP contribution in [0.5, 0.6) is 5.75 Å². The Hall–Kier alpha value is -0.880. The van der Waals surface area contributed by atoms with Crippen molar-refractivity contribution in [1.82, 2.24) is 0 Å². The maximum absolute atomic E-state index is 12.8. The molecule has 0 spiro atoms. The number of methoxy groups -OCH3 is 1. The monoisotopic (exact) mass is 335 g/mol. The number of benzene rings is 1. The Morgan fingerprint density at radius 2 is 1.77 bits per heavy atom. The predicted molar refractivity (Wildman–Crippen MR) is 85.6 cm³/mol. The normalized spacial score (nSPS) is 12.5. The topological polar surface area (TPSA) is 35.2 Å². The average molecular weight is 335 g/mol. The highest BCUT2D eigenvalue weighted by atomic mass is 32.2. The van der Waals surface area contributed by atoms with Gasteiger partial charge in [-0.05, 0) is 60.2 Å². The number of ether oxygens (including phenoxy) is 1. The van der Waals surface area contributed by atoms with Gasteiger partial charge in [-0.2, -0.15) is 13.2 Å². The molecule has 1 aromatic rings. The lowest BCUT2D eigenvalue weighted by Crippen LogP contribution is -2.13. The molecule has 1 rings (SSSR count). The lowest BCUT2D eigenvalue weighted by atomic mass is 9.85. The second-order valence-electron chi connectivity index (χ2n) is 6.21. The largest absolute Gasteiger partial charge is 0.495 e. The Balaban J connectivity index is 3.29. The molecule has 0 aromatic heterocycles. The molecule has 0 heterocycles. The third-order valence-electron chi connectivity index (χ3n) is 3.33. The molecule has 22 heavy (non-hydrogen) atoms. The Morgan fingerprint density at radius 3 is 2.23 bits per heavy atom. The molecule has 126 valence electrons. The van der Waals surface area contributed by atoms with Gasteiger partial charge >= 0.3 is 5.51 Å². The van der Waals surface area contributed by atoms with Crippen molar-refractivity contribution in [1.29, 1.82) is 0 Å². The van der Waals surface area contributed by atoms with E-state index in [1.807, 2.05) is 26.8 Å². The van der Waals surface area contributed by atoms with Gasteiger partial charge in [0.15, 0.2) is 0 Å². The quantitative estimate of drug-likeness (QED) is 0.594. The van der Waals surface area contributed by atoms with E-state index >= 15 is 0 Å². The van der Waals surface area contributed by atoms with Crippen LogP contribution in [0.1, 0.15) is 44.7 Å². The number of nitrogens with two attached hydrogens (primary N) is 1. The van der Waals surface area contributed by atoms with E-state index in [0.29, 0.717) is 18.7 Å². The first-order chi connectivity index (χ1) is 10.1. The van der Waals surface area contributed by atoms with Gasteiger partial charge in [0.05, 0.1) is 12.0 Å². The molecule has 0 saturated carbocycles. The van der Waals surface area contributed by atoms with Crippen LogP contribution in [0.25, 0.3) is 0 Å². The van der Waals surface area contributed by atoms with E-state index in [2.05, 4.69) is 0 Å². The number of halogens is 3. The van der Waals surface area contributed by atoms with E-state index < -0.39 is 5.51 Å². The van der Waals surface area contributed by atoms with Crippen LogP contribution in [-0.2, 0) is 11.8 Å². The van der Waals surface area contributed by atoms with E-state index in [1.54, 1.807) is 6.07 Å². The van der Waals surface area contributed by atoms with Crippen molar-refractivity contribution in [3.63, 3.8) is 0 Å². The smallest absolute Gasteiger partial charge is 0.446 e. The minimum Gasteiger partial charge on any atom is -0.495 e. The zero-order valence-corrected chi connectivity index (χ0v) is 14.3. The molecule has 1 aromatic carbocycles. The summed E-state index contributed by atoms with van der Waals surface area (Å²) in [5, 5.41) is 0. The van der Waals surface area contributed by atoms with Gasteiger partial charge in [-0.25, -0.2) is 0 Å². The van der Waals surface area contributed by atoms with Gasteiger partial charge in [-0.1, -0.05) is 26.8 Å². The minimum atomic E-state index is -4.34. The second-order valence-corrected chi connectivity index (χ2v) is 7.32. The van der Waals surface area contributed by atoms with Crippen LogP contribution in [0.15, 0.2) is 17.0 Å². The molecule has 0 amide bonds. The van der Waals surface area contributed by atoms with Gasteiger partial charge in [0.25, 0.3) is 0 Å². The molecule has 0 aliphatic carbocycles. The number of alkyl halides is 3. The first-order valence-electron chi connectivity index (χ1n) is 7.25. The molecule has 0 aliphatic rings. The summed E-state index contributed by atoms with van der Waals surface area (Å²) in [6.07, 6.45) is 2.33. The summed E-state index contributed by atoms with van der Waals surface area (Å²) in [4.78, 5) is 0.130. The van der Waals surface area contributed by atoms with E-state index in [-0.39, 0.29) is 22.1 Å². The Labute approximate surface area is 134 Å². The van der Waals surface area contributed by atoms with Crippen molar-refractivity contribution in [3.05, 3.63) is 23.3 Å². The van der Waals surface area contributed by atoms with Crippen molar-refractivity contribution in [2.24, 2.45) is 5.73 Å². The van der Waals surface area contributed by atoms with Crippen LogP contribution >= 0.6 is 11.8 Å². The van der Waals surface area contributed by atoms with Crippen molar-refractivity contribution in [3.8, 4) is 5.75 Å². The maximum atomic E-state index is 12.8. The molecule has 6 heteroatoms. The molecular formula is C16H24F3NOS. The lowest BCUT2D eigenvalue weighted by Gasteiger charge is -2.23. The maximum Gasteiger partial charge on any atom is 0.446 e. The molecule has 2 nitrogen and oxygen atoms in total. The van der Waals surface area contributed by atoms with Crippen LogP contribution < -0.4 is 10.5 Å². The van der Waals surface area contributed by atoms with Crippen LogP contribution in [-0.4, -0.2) is 19.2 Å². The van der Waals surface area contributed by atoms with E-state index in [1.165, 1.54) is 7.11 Å². The molecule has 0 saturated heterocycles. The number of rotatable bonds is 6. The number of unbranched alkanes of at least 4 members (excludes halogenated alkanes) is 1. The van der Waals surface area contributed by atoms with Crippen LogP contribution in [0.4, 0.5) is 13.2 Å². The molecule has 0 radical (unpaired) electrons. The highest BCUT2D eigenvalue weighted by Crippen LogP contribution is 2.45. The summed E-state index contributed by atoms with van der Waals surface area (Å²) in [6.45, 7) is 6.53. The van der Waals surface area contributed by atoms with Gasteiger partial charge in [-0.3, -0.25) is 0 Å². The van der Waals surface area contributed by atoms with Gasteiger partial charge in [0.2, 0.25) is 0 Å². The van der Waals surface area contributed by atoms with Gasteiger partial charge in [0, 0.05) is 0 Å². The molecule has 0 unspecified atom stereocenters. The Kier molecular flexibility index (Phi) is 6.62. The molecule has 0 atom stereocenters. The summed E-state index contributed by atoms with van der Waals surface area (Å²) >= 11 is -0.114. The average Bonchev–Trinajstić information content (AvgIpc) is 2.35. The highest BCUT2D eigenvalue weighted by molar-refractivity contribution is 8.00. The minimum absolute atomic E-state index is 0.114. The molecule has 0 fully saturated rings. The van der Waals surface area contributed by atoms with Crippen molar-refractivity contribution < 1.29 is 17.9 Å². The number of hydrogen-bond acceptors (Lipinski definition) is 3. The van der Waals surface area contributed by atoms with E-state index in [0.717, 1.165) is 24.0 Å². The fraction of sp³-hybridized carbons (Fsp3) is 0.625. The predicted octanol–water partition coefficient (Wildman–Crippen LogP) is 4.89. The summed E-state index contributed by atoms with van der Waals surface area (Å²) in [6, 6.07) is 3.54. The van der Waals surface area contributed by atoms with Gasteiger partial charge < -0.3 is 10.5 Å². The van der Waals surface area contributed by atoms with Crippen LogP contribution in [0, 0.1) is 0 Å². The van der Waals surface area contributed by atoms with Gasteiger partial charge in [-0.15, -0.1) is 0 Å². The standard InChI is InChI=1S/C16H24F3NOS/c1-15(2,3)12-9-11(7-5-6-8-20)14(21-4)13(10-12)22-16(17,18)19/h9-10H,5-8,20H2,1-4H3. The van der Waals surface area contributed by atoms with Crippen LogP contribution in [0.3, 0.4) is 0 Å². The molecule has 0 aliphatic heterocycles. The summed E-state index contributed by atoms with van der Waals surface area (Å²) in [5.41, 5.74) is 2.62. The first kappa shape index (κ1) is 19.2. The first-order valence-corrected chi connectivity index (χ1v) is 8.07. The molecular weight excluding hydrogens is 311 g/mol. The number of thioether (sulfide) groups is 1. The third kappa shape index (κ3) is 5.72. The zero-order chi connectivity index (χ0) is 17.0. The SMILES string of the molecule is COc1c(CCCCN)cc(C(C)(C)C)cc1SC(F)(F)F. The summed E-state index contributed by atoms with van der Waals surface area (Å²) < 4.78 is 43.7. The van der Waals surface area contributed by atoms with Crippen molar-refractivity contribution in [2.75, 3.05) is 13.7 Å². The van der Waals surface area contributed by atoms with E-state index in [4.69, 9.17) is 10.5 Å².